The van der Waals surface area contributed by atoms with Crippen molar-refractivity contribution in [2.45, 2.75) is 90.8 Å². The number of rotatable bonds is 10. The van der Waals surface area contributed by atoms with Crippen LogP contribution in [0.4, 0.5) is 4.79 Å². The zero-order valence-corrected chi connectivity index (χ0v) is 19.3. The van der Waals surface area contributed by atoms with Crippen molar-refractivity contribution in [2.24, 2.45) is 23.7 Å². The van der Waals surface area contributed by atoms with Gasteiger partial charge in [-0.05, 0) is 62.7 Å². The normalized spacial score (nSPS) is 25.6. The first-order chi connectivity index (χ1) is 14.7. The molecule has 31 heavy (non-hydrogen) atoms. The van der Waals surface area contributed by atoms with E-state index in [1.165, 1.54) is 0 Å². The van der Waals surface area contributed by atoms with Crippen molar-refractivity contribution < 1.29 is 23.9 Å². The number of ether oxygens (including phenoxy) is 1. The smallest absolute Gasteiger partial charge is 0.408 e. The molecule has 0 aromatic rings. The summed E-state index contributed by atoms with van der Waals surface area (Å²) in [6.07, 6.45) is 5.05. The van der Waals surface area contributed by atoms with E-state index in [4.69, 9.17) is 4.74 Å². The second kappa shape index (κ2) is 12.1. The largest absolute Gasteiger partial charge is 0.446 e. The molecule has 0 aromatic heterocycles. The molecule has 0 radical (unpaired) electrons. The Morgan fingerprint density at radius 1 is 1.10 bits per heavy atom. The van der Waals surface area contributed by atoms with Crippen molar-refractivity contribution in [1.29, 1.82) is 0 Å². The first-order valence-electron chi connectivity index (χ1n) is 11.7. The third kappa shape index (κ3) is 8.15. The fraction of sp³-hybridized carbons (Fsp3) is 0.826. The standard InChI is InChI=1S/C23H39N3O5/c1-14(2)11-20(22(29)25-18(13-27)12-17-9-10-24-21(17)28)26-23(30)31-19-7-5-16(6-8-19)15(3)4/h13-20H,5-12H2,1-4H3,(H,24,28)(H,25,29)(H,26,30)/t16?,17-,18?,19?,20?/m0/s1. The number of amides is 3. The number of nitrogens with one attached hydrogen (secondary N) is 3. The molecule has 1 saturated carbocycles. The van der Waals surface area contributed by atoms with E-state index < -0.39 is 24.1 Å². The van der Waals surface area contributed by atoms with E-state index in [1.54, 1.807) is 0 Å². The summed E-state index contributed by atoms with van der Waals surface area (Å²) < 4.78 is 5.58. The van der Waals surface area contributed by atoms with Gasteiger partial charge in [0.15, 0.2) is 0 Å². The summed E-state index contributed by atoms with van der Waals surface area (Å²) in [5, 5.41) is 8.12. The molecule has 2 fully saturated rings. The maximum atomic E-state index is 12.8. The second-order valence-corrected chi connectivity index (χ2v) is 9.78. The Bertz CT molecular complexity index is 629. The minimum Gasteiger partial charge on any atom is -0.446 e. The molecule has 3 amide bonds. The fourth-order valence-electron chi connectivity index (χ4n) is 4.51. The molecule has 0 spiro atoms. The summed E-state index contributed by atoms with van der Waals surface area (Å²) in [6.45, 7) is 8.95. The number of carbonyl (C=O) groups is 4. The number of hydrogen-bond donors (Lipinski definition) is 3. The van der Waals surface area contributed by atoms with E-state index in [2.05, 4.69) is 29.8 Å². The molecule has 3 N–H and O–H groups in total. The first kappa shape index (κ1) is 25.1. The maximum Gasteiger partial charge on any atom is 0.408 e. The highest BCUT2D eigenvalue weighted by Gasteiger charge is 2.31. The average Bonchev–Trinajstić information content (AvgIpc) is 3.11. The molecular weight excluding hydrogens is 398 g/mol. The minimum absolute atomic E-state index is 0.0891. The van der Waals surface area contributed by atoms with Crippen LogP contribution in [0, 0.1) is 23.7 Å². The third-order valence-electron chi connectivity index (χ3n) is 6.44. The van der Waals surface area contributed by atoms with Crippen molar-refractivity contribution in [3.8, 4) is 0 Å². The second-order valence-electron chi connectivity index (χ2n) is 9.78. The lowest BCUT2D eigenvalue weighted by molar-refractivity contribution is -0.127. The van der Waals surface area contributed by atoms with Crippen LogP contribution in [0.25, 0.3) is 0 Å². The Morgan fingerprint density at radius 3 is 2.29 bits per heavy atom. The predicted octanol–water partition coefficient (Wildman–Crippen LogP) is 2.55. The van der Waals surface area contributed by atoms with E-state index in [1.807, 2.05) is 13.8 Å². The molecule has 8 heteroatoms. The quantitative estimate of drug-likeness (QED) is 0.455. The van der Waals surface area contributed by atoms with Gasteiger partial charge in [-0.15, -0.1) is 0 Å². The number of alkyl carbamates (subject to hydrolysis) is 1. The predicted molar refractivity (Wildman–Crippen MR) is 117 cm³/mol. The van der Waals surface area contributed by atoms with Gasteiger partial charge in [0, 0.05) is 12.5 Å². The van der Waals surface area contributed by atoms with Gasteiger partial charge in [0.1, 0.15) is 18.4 Å². The van der Waals surface area contributed by atoms with Gasteiger partial charge in [-0.2, -0.15) is 0 Å². The summed E-state index contributed by atoms with van der Waals surface area (Å²) in [6, 6.07) is -1.56. The molecule has 2 rings (SSSR count). The molecule has 1 aliphatic carbocycles. The van der Waals surface area contributed by atoms with Crippen molar-refractivity contribution in [3.05, 3.63) is 0 Å². The zero-order valence-electron chi connectivity index (χ0n) is 19.3. The first-order valence-corrected chi connectivity index (χ1v) is 11.7. The van der Waals surface area contributed by atoms with Gasteiger partial charge in [-0.3, -0.25) is 9.59 Å². The van der Waals surface area contributed by atoms with Gasteiger partial charge < -0.3 is 25.5 Å². The highest BCUT2D eigenvalue weighted by atomic mass is 16.6. The summed E-state index contributed by atoms with van der Waals surface area (Å²) in [5.41, 5.74) is 0. The molecule has 1 heterocycles. The summed E-state index contributed by atoms with van der Waals surface area (Å²) in [7, 11) is 0. The molecule has 1 aliphatic heterocycles. The minimum atomic E-state index is -0.792. The van der Waals surface area contributed by atoms with Crippen LogP contribution in [0.2, 0.25) is 0 Å². The Kier molecular flexibility index (Phi) is 9.78. The Morgan fingerprint density at radius 2 is 1.77 bits per heavy atom. The molecule has 1 saturated heterocycles. The molecule has 0 bridgehead atoms. The highest BCUT2D eigenvalue weighted by Crippen LogP contribution is 2.31. The van der Waals surface area contributed by atoms with Gasteiger partial charge in [0.05, 0.1) is 6.04 Å². The maximum absolute atomic E-state index is 12.8. The number of aldehydes is 1. The Balaban J connectivity index is 1.87. The van der Waals surface area contributed by atoms with E-state index in [9.17, 15) is 19.2 Å². The van der Waals surface area contributed by atoms with E-state index in [-0.39, 0.29) is 30.3 Å². The van der Waals surface area contributed by atoms with Crippen LogP contribution in [0.3, 0.4) is 0 Å². The number of hydrogen-bond acceptors (Lipinski definition) is 5. The summed E-state index contributed by atoms with van der Waals surface area (Å²) >= 11 is 0. The van der Waals surface area contributed by atoms with Gasteiger partial charge in [0.2, 0.25) is 11.8 Å². The van der Waals surface area contributed by atoms with Crippen molar-refractivity contribution in [1.82, 2.24) is 16.0 Å². The Labute approximate surface area is 185 Å². The van der Waals surface area contributed by atoms with Crippen LogP contribution in [0.15, 0.2) is 0 Å². The van der Waals surface area contributed by atoms with Crippen molar-refractivity contribution in [3.63, 3.8) is 0 Å². The lowest BCUT2D eigenvalue weighted by Gasteiger charge is -2.31. The van der Waals surface area contributed by atoms with Crippen molar-refractivity contribution in [2.75, 3.05) is 6.54 Å². The fourth-order valence-corrected chi connectivity index (χ4v) is 4.51. The van der Waals surface area contributed by atoms with E-state index >= 15 is 0 Å². The van der Waals surface area contributed by atoms with Gasteiger partial charge in [-0.25, -0.2) is 4.79 Å². The topological polar surface area (TPSA) is 114 Å². The molecule has 0 aromatic carbocycles. The van der Waals surface area contributed by atoms with Crippen molar-refractivity contribution >= 4 is 24.2 Å². The Hall–Kier alpha value is -2.12. The van der Waals surface area contributed by atoms with Crippen LogP contribution in [-0.2, 0) is 19.1 Å². The van der Waals surface area contributed by atoms with E-state index in [0.29, 0.717) is 37.5 Å². The third-order valence-corrected chi connectivity index (χ3v) is 6.44. The van der Waals surface area contributed by atoms with Gasteiger partial charge >= 0.3 is 6.09 Å². The zero-order chi connectivity index (χ0) is 23.0. The molecule has 2 unspecified atom stereocenters. The monoisotopic (exact) mass is 437 g/mol. The van der Waals surface area contributed by atoms with Crippen LogP contribution in [-0.4, -0.2) is 48.9 Å². The lowest BCUT2D eigenvalue weighted by atomic mass is 9.80. The molecule has 176 valence electrons. The molecule has 3 atom stereocenters. The van der Waals surface area contributed by atoms with Gasteiger partial charge in [0.25, 0.3) is 0 Å². The number of carbonyl (C=O) groups excluding carboxylic acids is 4. The van der Waals surface area contributed by atoms with E-state index in [0.717, 1.165) is 25.7 Å². The highest BCUT2D eigenvalue weighted by molar-refractivity contribution is 5.88. The SMILES string of the molecule is CC(C)CC(NC(=O)OC1CCC(C(C)C)CC1)C(=O)NC(C=O)C[C@@H]1CCNC1=O. The van der Waals surface area contributed by atoms with Crippen LogP contribution < -0.4 is 16.0 Å². The van der Waals surface area contributed by atoms with Gasteiger partial charge in [-0.1, -0.05) is 27.7 Å². The molecule has 8 nitrogen and oxygen atoms in total. The van der Waals surface area contributed by atoms with Crippen LogP contribution >= 0.6 is 0 Å². The molecular formula is C23H39N3O5. The van der Waals surface area contributed by atoms with Crippen LogP contribution in [0.1, 0.15) is 72.6 Å². The van der Waals surface area contributed by atoms with Crippen LogP contribution in [0.5, 0.6) is 0 Å². The lowest BCUT2D eigenvalue weighted by Crippen LogP contribution is -2.51. The average molecular weight is 438 g/mol. The molecule has 2 aliphatic rings. The summed E-state index contributed by atoms with van der Waals surface area (Å²) in [4.78, 5) is 48.5. The summed E-state index contributed by atoms with van der Waals surface area (Å²) in [5.74, 6) is 0.670.